The first-order chi connectivity index (χ1) is 15.8. The number of halogens is 2. The van der Waals surface area contributed by atoms with Gasteiger partial charge in [0.2, 0.25) is 0 Å². The lowest BCUT2D eigenvalue weighted by molar-refractivity contribution is -0.140. The minimum atomic E-state index is -1.05. The van der Waals surface area contributed by atoms with Crippen LogP contribution in [0.25, 0.3) is 0 Å². The number of unbranched alkanes of at least 4 members (excludes halogenated alkanes) is 1. The van der Waals surface area contributed by atoms with Crippen molar-refractivity contribution >= 4 is 28.9 Å². The summed E-state index contributed by atoms with van der Waals surface area (Å²) >= 11 is 7.70. The molecule has 4 nitrogen and oxygen atoms in total. The number of ether oxygens (including phenoxy) is 1. The first-order valence-electron chi connectivity index (χ1n) is 11.9. The number of carbonyl (C=O) groups is 1. The molecule has 2 aliphatic carbocycles. The topological polar surface area (TPSA) is 66.8 Å². The van der Waals surface area contributed by atoms with Crippen molar-refractivity contribution in [3.05, 3.63) is 45.7 Å². The van der Waals surface area contributed by atoms with E-state index in [1.807, 2.05) is 36.4 Å². The van der Waals surface area contributed by atoms with Crippen LogP contribution in [-0.4, -0.2) is 41.7 Å². The maximum Gasteiger partial charge on any atom is 0.305 e. The molecule has 0 amide bonds. The highest BCUT2D eigenvalue weighted by atomic mass is 35.5. The fourth-order valence-corrected chi connectivity index (χ4v) is 6.83. The molecule has 0 aliphatic heterocycles. The first-order valence-corrected chi connectivity index (χ1v) is 13.1. The van der Waals surface area contributed by atoms with E-state index in [4.69, 9.17) is 11.6 Å². The van der Waals surface area contributed by atoms with E-state index in [1.165, 1.54) is 18.4 Å². The number of alkyl halides is 1. The van der Waals surface area contributed by atoms with Crippen molar-refractivity contribution in [1.29, 1.82) is 0 Å². The van der Waals surface area contributed by atoms with Gasteiger partial charge in [0.1, 0.15) is 6.17 Å². The van der Waals surface area contributed by atoms with Crippen LogP contribution in [0.3, 0.4) is 0 Å². The van der Waals surface area contributed by atoms with Crippen molar-refractivity contribution in [2.24, 2.45) is 17.8 Å². The number of hydrogen-bond acceptors (Lipinski definition) is 5. The predicted molar refractivity (Wildman–Crippen MR) is 131 cm³/mol. The summed E-state index contributed by atoms with van der Waals surface area (Å²) in [7, 11) is 1.38. The van der Waals surface area contributed by atoms with Gasteiger partial charge in [-0.05, 0) is 56.6 Å². The fraction of sp³-hybridized carbons (Fsp3) is 0.654. The lowest BCUT2D eigenvalue weighted by atomic mass is 9.56. The van der Waals surface area contributed by atoms with Gasteiger partial charge in [0.15, 0.2) is 0 Å². The van der Waals surface area contributed by atoms with Crippen molar-refractivity contribution in [2.75, 3.05) is 7.11 Å². The van der Waals surface area contributed by atoms with Crippen molar-refractivity contribution in [3.63, 3.8) is 0 Å². The molecule has 0 radical (unpaired) electrons. The zero-order valence-corrected chi connectivity index (χ0v) is 21.0. The van der Waals surface area contributed by atoms with Gasteiger partial charge in [-0.15, -0.1) is 11.3 Å². The zero-order chi connectivity index (χ0) is 24.0. The van der Waals surface area contributed by atoms with Gasteiger partial charge in [0.25, 0.3) is 0 Å². The van der Waals surface area contributed by atoms with Crippen molar-refractivity contribution < 1.29 is 24.1 Å². The van der Waals surface area contributed by atoms with Crippen LogP contribution in [0, 0.1) is 17.8 Å². The van der Waals surface area contributed by atoms with Crippen LogP contribution >= 0.6 is 22.9 Å². The largest absolute Gasteiger partial charge is 0.469 e. The second kappa shape index (κ2) is 12.0. The summed E-state index contributed by atoms with van der Waals surface area (Å²) in [5, 5.41) is 21.5. The van der Waals surface area contributed by atoms with Gasteiger partial charge < -0.3 is 14.9 Å². The zero-order valence-electron chi connectivity index (χ0n) is 19.5. The Labute approximate surface area is 205 Å². The number of methoxy groups -OCH3 is 1. The maximum absolute atomic E-state index is 14.6. The van der Waals surface area contributed by atoms with Crippen LogP contribution in [0.1, 0.15) is 63.2 Å². The van der Waals surface area contributed by atoms with Gasteiger partial charge in [-0.25, -0.2) is 4.39 Å². The second-order valence-electron chi connectivity index (χ2n) is 9.50. The quantitative estimate of drug-likeness (QED) is 0.223. The van der Waals surface area contributed by atoms with E-state index in [-0.39, 0.29) is 29.6 Å². The van der Waals surface area contributed by atoms with Crippen LogP contribution in [0.15, 0.2) is 36.4 Å². The third-order valence-electron chi connectivity index (χ3n) is 7.64. The van der Waals surface area contributed by atoms with Crippen LogP contribution in [0.5, 0.6) is 0 Å². The average molecular weight is 499 g/mol. The summed E-state index contributed by atoms with van der Waals surface area (Å²) in [6.07, 6.45) is 10.4. The normalized spacial score (nSPS) is 33.0. The van der Waals surface area contributed by atoms with Gasteiger partial charge in [0.05, 0.1) is 23.7 Å². The van der Waals surface area contributed by atoms with E-state index in [0.717, 1.165) is 28.5 Å². The van der Waals surface area contributed by atoms with E-state index < -0.39 is 18.4 Å². The van der Waals surface area contributed by atoms with Gasteiger partial charge in [-0.2, -0.15) is 0 Å². The lowest BCUT2D eigenvalue weighted by Gasteiger charge is -2.50. The molecule has 33 heavy (non-hydrogen) atoms. The Balaban J connectivity index is 1.56. The van der Waals surface area contributed by atoms with Crippen LogP contribution in [0.2, 0.25) is 4.34 Å². The first kappa shape index (κ1) is 26.4. The molecule has 2 saturated carbocycles. The number of hydrogen-bond donors (Lipinski definition) is 2. The molecule has 0 aromatic carbocycles. The third kappa shape index (κ3) is 6.08. The summed E-state index contributed by atoms with van der Waals surface area (Å²) in [6.45, 7) is 2.17. The number of esters is 1. The van der Waals surface area contributed by atoms with Gasteiger partial charge in [-0.3, -0.25) is 4.79 Å². The summed E-state index contributed by atoms with van der Waals surface area (Å²) in [4.78, 5) is 12.3. The Morgan fingerprint density at radius 1 is 1.39 bits per heavy atom. The molecule has 1 aromatic rings. The third-order valence-corrected chi connectivity index (χ3v) is 9.06. The number of aliphatic hydroxyl groups is 2. The summed E-state index contributed by atoms with van der Waals surface area (Å²) < 4.78 is 19.9. The van der Waals surface area contributed by atoms with Crippen molar-refractivity contribution in [1.82, 2.24) is 0 Å². The highest BCUT2D eigenvalue weighted by Crippen LogP contribution is 2.54. The van der Waals surface area contributed by atoms with Crippen molar-refractivity contribution in [2.45, 2.75) is 82.1 Å². The van der Waals surface area contributed by atoms with Gasteiger partial charge in [0, 0.05) is 35.0 Å². The minimum absolute atomic E-state index is 0.146. The van der Waals surface area contributed by atoms with E-state index in [2.05, 4.69) is 11.7 Å². The Morgan fingerprint density at radius 3 is 2.79 bits per heavy atom. The average Bonchev–Trinajstić information content (AvgIpc) is 3.32. The molecule has 0 bridgehead atoms. The number of carbonyl (C=O) groups excluding carboxylic acids is 1. The Hall–Kier alpha value is -1.21. The standard InChI is InChI=1S/C26H36ClFO4S/c1-17-14-15-26(17,23-12-13-24(27)33-23)22(30)10-7-9-19-18(20(28)16-21(19)29)8-5-3-4-6-11-25(31)32-2/h3,5,7,9,12-13,17-22,29-30H,4,6,8,10-11,14-16H2,1-2H3/b5-3-,9-7+/t17?,18-,19-,20?,21-,22?,26?/m1/s1. The Kier molecular flexibility index (Phi) is 9.57. The number of aliphatic hydroxyl groups excluding tert-OH is 2. The molecule has 1 heterocycles. The second-order valence-corrected chi connectivity index (χ2v) is 11.2. The predicted octanol–water partition coefficient (Wildman–Crippen LogP) is 6.00. The molecular formula is C26H36ClFO4S. The molecule has 7 heteroatoms. The van der Waals surface area contributed by atoms with Crippen LogP contribution < -0.4 is 0 Å². The lowest BCUT2D eigenvalue weighted by Crippen LogP contribution is -2.51. The summed E-state index contributed by atoms with van der Waals surface area (Å²) in [5.74, 6) is -0.394. The van der Waals surface area contributed by atoms with Crippen LogP contribution in [-0.2, 0) is 14.9 Å². The number of allylic oxidation sites excluding steroid dienone is 2. The minimum Gasteiger partial charge on any atom is -0.469 e. The molecule has 184 valence electrons. The molecule has 2 N–H and O–H groups in total. The van der Waals surface area contributed by atoms with Gasteiger partial charge in [-0.1, -0.05) is 42.8 Å². The highest BCUT2D eigenvalue weighted by molar-refractivity contribution is 7.16. The summed E-state index contributed by atoms with van der Waals surface area (Å²) in [6, 6.07) is 3.91. The molecule has 1 aromatic heterocycles. The molecule has 4 unspecified atom stereocenters. The molecular weight excluding hydrogens is 463 g/mol. The molecule has 3 rings (SSSR count). The highest BCUT2D eigenvalue weighted by Gasteiger charge is 2.51. The molecule has 2 fully saturated rings. The van der Waals surface area contributed by atoms with E-state index in [0.29, 0.717) is 31.6 Å². The molecule has 0 spiro atoms. The van der Waals surface area contributed by atoms with Crippen LogP contribution in [0.4, 0.5) is 4.39 Å². The number of thiophene rings is 1. The van der Waals surface area contributed by atoms with Crippen molar-refractivity contribution in [3.8, 4) is 0 Å². The fourth-order valence-electron chi connectivity index (χ4n) is 5.41. The van der Waals surface area contributed by atoms with E-state index in [9.17, 15) is 19.4 Å². The Bertz CT molecular complexity index is 840. The van der Waals surface area contributed by atoms with E-state index in [1.54, 1.807) is 0 Å². The SMILES string of the molecule is COC(=O)CCC/C=C\C[C@H]1C(F)C[C@@H](O)[C@@H]1/C=C/CC(O)C1(c2ccc(Cl)s2)CCC1C. The smallest absolute Gasteiger partial charge is 0.305 e. The molecule has 2 aliphatic rings. The number of rotatable bonds is 11. The summed E-state index contributed by atoms with van der Waals surface area (Å²) in [5.41, 5.74) is -0.272. The van der Waals surface area contributed by atoms with Gasteiger partial charge >= 0.3 is 5.97 Å². The monoisotopic (exact) mass is 498 g/mol. The van der Waals surface area contributed by atoms with E-state index >= 15 is 0 Å². The molecule has 0 saturated heterocycles. The maximum atomic E-state index is 14.6. The Morgan fingerprint density at radius 2 is 2.18 bits per heavy atom. The molecule has 7 atom stereocenters.